The molecule has 0 spiro atoms. The average Bonchev–Trinajstić information content (AvgIpc) is 2.95. The minimum absolute atomic E-state index is 0.744. The summed E-state index contributed by atoms with van der Waals surface area (Å²) in [6.07, 6.45) is 5.54. The van der Waals surface area contributed by atoms with E-state index in [9.17, 15) is 0 Å². The van der Waals surface area contributed by atoms with Crippen LogP contribution >= 0.6 is 0 Å². The topological polar surface area (TPSA) is 47.2 Å². The van der Waals surface area contributed by atoms with Crippen LogP contribution in [-0.2, 0) is 13.6 Å². The third-order valence-corrected chi connectivity index (χ3v) is 2.80. The monoisotopic (exact) mass is 227 g/mol. The van der Waals surface area contributed by atoms with E-state index >= 15 is 0 Å². The van der Waals surface area contributed by atoms with E-state index in [4.69, 9.17) is 0 Å². The van der Waals surface area contributed by atoms with Crippen LogP contribution < -0.4 is 5.32 Å². The Morgan fingerprint density at radius 3 is 3.00 bits per heavy atom. The summed E-state index contributed by atoms with van der Waals surface area (Å²) in [6, 6.07) is 8.01. The highest BCUT2D eigenvalue weighted by atomic mass is 15.3. The molecule has 1 N–H and O–H groups in total. The SMILES string of the molecule is Cn1nccc1CNc1cccc2nccn12. The molecule has 0 aromatic carbocycles. The molecule has 0 amide bonds. The fourth-order valence-corrected chi connectivity index (χ4v) is 1.85. The molecule has 0 atom stereocenters. The summed E-state index contributed by atoms with van der Waals surface area (Å²) in [4.78, 5) is 4.25. The second-order valence-corrected chi connectivity index (χ2v) is 3.87. The normalized spacial score (nSPS) is 10.9. The molecule has 0 saturated carbocycles. The van der Waals surface area contributed by atoms with E-state index in [1.807, 2.05) is 46.6 Å². The van der Waals surface area contributed by atoms with E-state index in [1.165, 1.54) is 0 Å². The minimum Gasteiger partial charge on any atom is -0.366 e. The van der Waals surface area contributed by atoms with Crippen LogP contribution in [-0.4, -0.2) is 19.2 Å². The Morgan fingerprint density at radius 2 is 2.18 bits per heavy atom. The lowest BCUT2D eigenvalue weighted by molar-refractivity contribution is 0.719. The number of rotatable bonds is 3. The summed E-state index contributed by atoms with van der Waals surface area (Å²) < 4.78 is 3.89. The molecule has 3 heterocycles. The molecular formula is C12H13N5. The average molecular weight is 227 g/mol. The van der Waals surface area contributed by atoms with Crippen molar-refractivity contribution in [2.24, 2.45) is 7.05 Å². The van der Waals surface area contributed by atoms with Crippen molar-refractivity contribution in [1.29, 1.82) is 0 Å². The van der Waals surface area contributed by atoms with Gasteiger partial charge in [-0.15, -0.1) is 0 Å². The molecular weight excluding hydrogens is 214 g/mol. The standard InChI is InChI=1S/C12H13N5/c1-16-10(5-6-15-16)9-14-12-4-2-3-11-13-7-8-17(11)12/h2-8,14H,9H2,1H3. The molecule has 17 heavy (non-hydrogen) atoms. The first-order valence-corrected chi connectivity index (χ1v) is 5.47. The van der Waals surface area contributed by atoms with Gasteiger partial charge in [-0.1, -0.05) is 6.07 Å². The molecule has 0 aliphatic heterocycles. The number of pyridine rings is 1. The van der Waals surface area contributed by atoms with Gasteiger partial charge in [-0.3, -0.25) is 9.08 Å². The van der Waals surface area contributed by atoms with Crippen LogP contribution in [0.25, 0.3) is 5.65 Å². The molecule has 0 fully saturated rings. The molecule has 5 heteroatoms. The highest BCUT2D eigenvalue weighted by molar-refractivity contribution is 5.49. The Labute approximate surface area is 98.7 Å². The second-order valence-electron chi connectivity index (χ2n) is 3.87. The van der Waals surface area contributed by atoms with Crippen LogP contribution in [0.15, 0.2) is 42.9 Å². The van der Waals surface area contributed by atoms with Gasteiger partial charge in [0.2, 0.25) is 0 Å². The highest BCUT2D eigenvalue weighted by Gasteiger charge is 2.01. The zero-order valence-electron chi connectivity index (χ0n) is 9.54. The molecule has 86 valence electrons. The first-order valence-electron chi connectivity index (χ1n) is 5.47. The van der Waals surface area contributed by atoms with Crippen LogP contribution in [0.2, 0.25) is 0 Å². The summed E-state index contributed by atoms with van der Waals surface area (Å²) >= 11 is 0. The predicted octanol–water partition coefficient (Wildman–Crippen LogP) is 1.68. The lowest BCUT2D eigenvalue weighted by atomic mass is 10.4. The van der Waals surface area contributed by atoms with Gasteiger partial charge in [-0.05, 0) is 18.2 Å². The molecule has 5 nitrogen and oxygen atoms in total. The Kier molecular flexibility index (Phi) is 2.29. The van der Waals surface area contributed by atoms with Gasteiger partial charge in [0.1, 0.15) is 11.5 Å². The number of nitrogens with zero attached hydrogens (tertiary/aromatic N) is 4. The van der Waals surface area contributed by atoms with Gasteiger partial charge in [0, 0.05) is 25.6 Å². The number of nitrogens with one attached hydrogen (secondary N) is 1. The molecule has 0 radical (unpaired) electrons. The third-order valence-electron chi connectivity index (χ3n) is 2.80. The third kappa shape index (κ3) is 1.75. The second kappa shape index (κ2) is 3.93. The molecule has 0 aliphatic carbocycles. The Balaban J connectivity index is 1.86. The Hall–Kier alpha value is -2.30. The highest BCUT2D eigenvalue weighted by Crippen LogP contribution is 2.12. The lowest BCUT2D eigenvalue weighted by Gasteiger charge is -2.08. The summed E-state index contributed by atoms with van der Waals surface area (Å²) in [5.41, 5.74) is 2.09. The quantitative estimate of drug-likeness (QED) is 0.740. The Bertz CT molecular complexity index is 637. The van der Waals surface area contributed by atoms with E-state index in [1.54, 1.807) is 12.4 Å². The number of imidazole rings is 1. The van der Waals surface area contributed by atoms with E-state index in [0.717, 1.165) is 23.7 Å². The van der Waals surface area contributed by atoms with E-state index in [2.05, 4.69) is 15.4 Å². The van der Waals surface area contributed by atoms with E-state index in [-0.39, 0.29) is 0 Å². The fourth-order valence-electron chi connectivity index (χ4n) is 1.85. The number of hydrogen-bond acceptors (Lipinski definition) is 3. The number of aromatic nitrogens is 4. The van der Waals surface area contributed by atoms with Gasteiger partial charge in [0.05, 0.1) is 12.2 Å². The molecule has 3 rings (SSSR count). The molecule has 0 bridgehead atoms. The summed E-state index contributed by atoms with van der Waals surface area (Å²) in [5.74, 6) is 1.03. The van der Waals surface area contributed by atoms with Crippen LogP contribution in [0.5, 0.6) is 0 Å². The van der Waals surface area contributed by atoms with Crippen molar-refractivity contribution in [3.8, 4) is 0 Å². The number of aryl methyl sites for hydroxylation is 1. The van der Waals surface area contributed by atoms with Crippen molar-refractivity contribution < 1.29 is 0 Å². The van der Waals surface area contributed by atoms with Gasteiger partial charge < -0.3 is 5.32 Å². The van der Waals surface area contributed by atoms with Crippen molar-refractivity contribution in [2.45, 2.75) is 6.54 Å². The van der Waals surface area contributed by atoms with Crippen LogP contribution in [0.4, 0.5) is 5.82 Å². The van der Waals surface area contributed by atoms with Crippen molar-refractivity contribution in [3.05, 3.63) is 48.5 Å². The smallest absolute Gasteiger partial charge is 0.138 e. The summed E-state index contributed by atoms with van der Waals surface area (Å²) in [5, 5.41) is 7.52. The minimum atomic E-state index is 0.744. The van der Waals surface area contributed by atoms with Gasteiger partial charge >= 0.3 is 0 Å². The maximum Gasteiger partial charge on any atom is 0.138 e. The molecule has 3 aromatic rings. The first-order chi connectivity index (χ1) is 8.34. The van der Waals surface area contributed by atoms with Gasteiger partial charge in [-0.2, -0.15) is 5.10 Å². The zero-order chi connectivity index (χ0) is 11.7. The van der Waals surface area contributed by atoms with Crippen molar-refractivity contribution in [1.82, 2.24) is 19.2 Å². The van der Waals surface area contributed by atoms with Crippen LogP contribution in [0.3, 0.4) is 0 Å². The van der Waals surface area contributed by atoms with Crippen molar-refractivity contribution in [3.63, 3.8) is 0 Å². The number of anilines is 1. The molecule has 0 saturated heterocycles. The van der Waals surface area contributed by atoms with Gasteiger partial charge in [0.25, 0.3) is 0 Å². The fraction of sp³-hybridized carbons (Fsp3) is 0.167. The maximum absolute atomic E-state index is 4.25. The van der Waals surface area contributed by atoms with Crippen LogP contribution in [0, 0.1) is 0 Å². The van der Waals surface area contributed by atoms with E-state index in [0.29, 0.717) is 0 Å². The van der Waals surface area contributed by atoms with Gasteiger partial charge in [-0.25, -0.2) is 4.98 Å². The number of fused-ring (bicyclic) bond motifs is 1. The largest absolute Gasteiger partial charge is 0.366 e. The molecule has 0 unspecified atom stereocenters. The maximum atomic E-state index is 4.25. The van der Waals surface area contributed by atoms with Gasteiger partial charge in [0.15, 0.2) is 0 Å². The zero-order valence-corrected chi connectivity index (χ0v) is 9.54. The summed E-state index contributed by atoms with van der Waals surface area (Å²) in [6.45, 7) is 0.744. The molecule has 3 aromatic heterocycles. The first kappa shape index (κ1) is 9.89. The van der Waals surface area contributed by atoms with Crippen molar-refractivity contribution in [2.75, 3.05) is 5.32 Å². The lowest BCUT2D eigenvalue weighted by Crippen LogP contribution is -2.07. The van der Waals surface area contributed by atoms with Crippen LogP contribution in [0.1, 0.15) is 5.69 Å². The van der Waals surface area contributed by atoms with E-state index < -0.39 is 0 Å². The molecule has 0 aliphatic rings. The predicted molar refractivity (Wildman–Crippen MR) is 65.7 cm³/mol. The Morgan fingerprint density at radius 1 is 1.24 bits per heavy atom. The summed E-state index contributed by atoms with van der Waals surface area (Å²) in [7, 11) is 1.94. The number of hydrogen-bond donors (Lipinski definition) is 1. The van der Waals surface area contributed by atoms with Crippen molar-refractivity contribution >= 4 is 11.5 Å².